The molecule has 2 aromatic rings. The van der Waals surface area contributed by atoms with E-state index in [1.165, 1.54) is 19.3 Å². The van der Waals surface area contributed by atoms with Crippen molar-refractivity contribution in [3.8, 4) is 0 Å². The fourth-order valence-corrected chi connectivity index (χ4v) is 2.13. The third kappa shape index (κ3) is 4.98. The van der Waals surface area contributed by atoms with Gasteiger partial charge in [-0.05, 0) is 25.5 Å². The van der Waals surface area contributed by atoms with E-state index in [2.05, 4.69) is 15.4 Å². The fraction of sp³-hybridized carbons (Fsp3) is 0.467. The van der Waals surface area contributed by atoms with Crippen LogP contribution in [0.15, 0.2) is 24.3 Å². The largest absolute Gasteiger partial charge is 0.492 e. The molecule has 0 N–H and O–H groups in total. The fourth-order valence-electron chi connectivity index (χ4n) is 2.13. The quantitative estimate of drug-likeness (QED) is 0.617. The van der Waals surface area contributed by atoms with Gasteiger partial charge in [-0.2, -0.15) is 0 Å². The van der Waals surface area contributed by atoms with Crippen LogP contribution >= 0.6 is 0 Å². The van der Waals surface area contributed by atoms with Gasteiger partial charge in [0.1, 0.15) is 13.1 Å². The lowest BCUT2D eigenvalue weighted by Crippen LogP contribution is -2.24. The summed E-state index contributed by atoms with van der Waals surface area (Å²) in [6.07, 6.45) is 5.25. The van der Waals surface area contributed by atoms with Crippen molar-refractivity contribution in [3.63, 3.8) is 0 Å². The smallest absolute Gasteiger partial charge is 0.395 e. The van der Waals surface area contributed by atoms with E-state index in [0.29, 0.717) is 6.61 Å². The molecule has 1 fully saturated rings. The van der Waals surface area contributed by atoms with E-state index in [-0.39, 0.29) is 5.97 Å². The zero-order valence-electron chi connectivity index (χ0n) is 12.2. The summed E-state index contributed by atoms with van der Waals surface area (Å²) in [6, 6.07) is 7.60. The molecule has 6 nitrogen and oxygen atoms in total. The number of rotatable bonds is 2. The number of benzene rings is 1. The molecule has 0 atom stereocenters. The molecule has 1 saturated heterocycles. The van der Waals surface area contributed by atoms with Gasteiger partial charge in [0.25, 0.3) is 0 Å². The maximum Gasteiger partial charge on any atom is 0.395 e. The van der Waals surface area contributed by atoms with Gasteiger partial charge in [0.15, 0.2) is 0 Å². The van der Waals surface area contributed by atoms with Crippen LogP contribution in [0.2, 0.25) is 0 Å². The first-order valence-corrected chi connectivity index (χ1v) is 7.26. The average molecular weight is 288 g/mol. The highest BCUT2D eigenvalue weighted by Crippen LogP contribution is 2.03. The minimum Gasteiger partial charge on any atom is -0.492 e. The van der Waals surface area contributed by atoms with Crippen LogP contribution in [-0.2, 0) is 9.53 Å². The minimum atomic E-state index is -0.209. The van der Waals surface area contributed by atoms with Crippen molar-refractivity contribution in [1.29, 1.82) is 0 Å². The second-order valence-corrected chi connectivity index (χ2v) is 4.76. The van der Waals surface area contributed by atoms with Crippen LogP contribution in [0.1, 0.15) is 26.2 Å². The highest BCUT2D eigenvalue weighted by atomic mass is 16.5. The van der Waals surface area contributed by atoms with Crippen LogP contribution in [-0.4, -0.2) is 46.7 Å². The Morgan fingerprint density at radius 3 is 2.43 bits per heavy atom. The highest BCUT2D eigenvalue weighted by molar-refractivity contribution is 6.20. The minimum absolute atomic E-state index is 0.209. The molecule has 1 aliphatic rings. The summed E-state index contributed by atoms with van der Waals surface area (Å²) in [5, 5.41) is 11.0. The summed E-state index contributed by atoms with van der Waals surface area (Å²) < 4.78 is 6.85. The number of fused-ring (bicyclic) bond motifs is 1. The molecule has 0 bridgehead atoms. The van der Waals surface area contributed by atoms with E-state index in [9.17, 15) is 4.79 Å². The number of hydrogen-bond acceptors (Lipinski definition) is 4. The molecule has 3 rings (SSSR count). The summed E-state index contributed by atoms with van der Waals surface area (Å²) in [5.41, 5.74) is 1.72. The van der Waals surface area contributed by atoms with Gasteiger partial charge in [0.05, 0.1) is 17.6 Å². The van der Waals surface area contributed by atoms with Gasteiger partial charge in [0, 0.05) is 12.8 Å². The molecule has 0 spiro atoms. The van der Waals surface area contributed by atoms with Gasteiger partial charge >= 0.3 is 5.97 Å². The van der Waals surface area contributed by atoms with Crippen LogP contribution in [0, 0.1) is 0 Å². The monoisotopic (exact) mass is 288 g/mol. The molecule has 1 aliphatic heterocycles. The van der Waals surface area contributed by atoms with Crippen LogP contribution < -0.4 is 5.21 Å². The van der Waals surface area contributed by atoms with E-state index in [0.717, 1.165) is 24.1 Å². The normalized spacial score (nSPS) is 14.2. The Morgan fingerprint density at radius 2 is 1.86 bits per heavy atom. The van der Waals surface area contributed by atoms with Crippen molar-refractivity contribution >= 4 is 23.2 Å². The molecular weight excluding hydrogens is 268 g/mol. The van der Waals surface area contributed by atoms with E-state index in [4.69, 9.17) is 4.74 Å². The van der Waals surface area contributed by atoms with Gasteiger partial charge in [-0.1, -0.05) is 12.1 Å². The Balaban J connectivity index is 0.000000159. The lowest BCUT2D eigenvalue weighted by atomic mass is 10.2. The lowest BCUT2D eigenvalue weighted by molar-refractivity contribution is -0.532. The van der Waals surface area contributed by atoms with Crippen molar-refractivity contribution in [3.05, 3.63) is 24.3 Å². The van der Waals surface area contributed by atoms with E-state index in [1.807, 2.05) is 35.8 Å². The summed E-state index contributed by atoms with van der Waals surface area (Å²) in [6.45, 7) is 4.28. The van der Waals surface area contributed by atoms with Gasteiger partial charge in [-0.25, -0.2) is 9.37 Å². The number of carbonyl (C=O) groups excluding carboxylic acids is 1. The van der Waals surface area contributed by atoms with E-state index in [1.54, 1.807) is 6.21 Å². The van der Waals surface area contributed by atoms with Crippen molar-refractivity contribution in [1.82, 2.24) is 15.4 Å². The SMILES string of the molecule is CCOC(=O)C=[N+]1CCCCC1.c1ccc2n[n-]nc2c1. The zero-order chi connectivity index (χ0) is 14.9. The molecule has 2 heterocycles. The Bertz CT molecular complexity index is 568. The molecule has 21 heavy (non-hydrogen) atoms. The Kier molecular flexibility index (Phi) is 5.87. The van der Waals surface area contributed by atoms with Crippen molar-refractivity contribution in [2.75, 3.05) is 19.7 Å². The Morgan fingerprint density at radius 1 is 1.24 bits per heavy atom. The second-order valence-electron chi connectivity index (χ2n) is 4.76. The topological polar surface area (TPSA) is 69.2 Å². The van der Waals surface area contributed by atoms with Gasteiger partial charge in [-0.3, -0.25) is 0 Å². The van der Waals surface area contributed by atoms with Crippen LogP contribution in [0.4, 0.5) is 0 Å². The van der Waals surface area contributed by atoms with Gasteiger partial charge in [-0.15, -0.1) is 0 Å². The Labute approximate surface area is 123 Å². The predicted octanol–water partition coefficient (Wildman–Crippen LogP) is 1.40. The first-order chi connectivity index (χ1) is 10.3. The number of ether oxygens (including phenoxy) is 1. The first-order valence-electron chi connectivity index (χ1n) is 7.26. The predicted molar refractivity (Wildman–Crippen MR) is 79.4 cm³/mol. The summed E-state index contributed by atoms with van der Waals surface area (Å²) in [7, 11) is 0. The second kappa shape index (κ2) is 8.14. The van der Waals surface area contributed by atoms with Crippen LogP contribution in [0.25, 0.3) is 11.0 Å². The first kappa shape index (κ1) is 15.2. The maximum atomic E-state index is 11.0. The third-order valence-corrected chi connectivity index (χ3v) is 3.15. The number of hydrogen-bond donors (Lipinski definition) is 0. The molecule has 0 unspecified atom stereocenters. The van der Waals surface area contributed by atoms with Crippen molar-refractivity contribution in [2.24, 2.45) is 0 Å². The average Bonchev–Trinajstić information content (AvgIpc) is 2.97. The summed E-state index contributed by atoms with van der Waals surface area (Å²) in [5.74, 6) is -0.209. The highest BCUT2D eigenvalue weighted by Gasteiger charge is 2.12. The Hall–Kier alpha value is -2.24. The molecule has 6 heteroatoms. The van der Waals surface area contributed by atoms with Gasteiger partial charge < -0.3 is 20.1 Å². The molecule has 0 radical (unpaired) electrons. The molecule has 1 aromatic heterocycles. The molecule has 0 saturated carbocycles. The zero-order valence-corrected chi connectivity index (χ0v) is 12.2. The molecule has 0 amide bonds. The summed E-state index contributed by atoms with van der Waals surface area (Å²) in [4.78, 5) is 11.0. The molecular formula is C15H20N4O2. The number of nitrogens with zero attached hydrogens (tertiary/aromatic N) is 4. The molecule has 0 aliphatic carbocycles. The molecule has 112 valence electrons. The summed E-state index contributed by atoms with van der Waals surface area (Å²) >= 11 is 0. The van der Waals surface area contributed by atoms with E-state index >= 15 is 0 Å². The molecule has 1 aromatic carbocycles. The van der Waals surface area contributed by atoms with E-state index < -0.39 is 0 Å². The van der Waals surface area contributed by atoms with Gasteiger partial charge in [0.2, 0.25) is 6.21 Å². The maximum absolute atomic E-state index is 11.0. The number of carbonyl (C=O) groups is 1. The standard InChI is InChI=1S/C9H16NO2.C6H4N3/c1-2-12-9(11)8-10-6-4-3-5-7-10;1-2-4-6-5(3-1)7-9-8-6/h8H,2-7H2,1H3;1-4H/q+1;-1. The van der Waals surface area contributed by atoms with Crippen LogP contribution in [0.3, 0.4) is 0 Å². The van der Waals surface area contributed by atoms with Crippen molar-refractivity contribution in [2.45, 2.75) is 26.2 Å². The lowest BCUT2D eigenvalue weighted by Gasteiger charge is -2.08. The van der Waals surface area contributed by atoms with Crippen LogP contribution in [0.5, 0.6) is 0 Å². The number of aromatic nitrogens is 3. The van der Waals surface area contributed by atoms with Crippen molar-refractivity contribution < 1.29 is 14.1 Å². The third-order valence-electron chi connectivity index (χ3n) is 3.15. The number of esters is 1. The number of piperidine rings is 1.